The third kappa shape index (κ3) is 5.74. The third-order valence-corrected chi connectivity index (χ3v) is 2.04. The highest BCUT2D eigenvalue weighted by Gasteiger charge is 2.18. The summed E-state index contributed by atoms with van der Waals surface area (Å²) < 4.78 is 9.92. The van der Waals surface area contributed by atoms with E-state index in [0.717, 1.165) is 18.4 Å². The maximum absolute atomic E-state index is 9.76. The van der Waals surface area contributed by atoms with Crippen LogP contribution in [-0.2, 0) is 9.59 Å². The number of carbonyl (C=O) groups is 2. The van der Waals surface area contributed by atoms with Gasteiger partial charge in [0, 0.05) is 0 Å². The van der Waals surface area contributed by atoms with Gasteiger partial charge in [0.05, 0.1) is 14.2 Å². The summed E-state index contributed by atoms with van der Waals surface area (Å²) >= 11 is 0. The monoisotopic (exact) mass is 256 g/mol. The van der Waals surface area contributed by atoms with Crippen LogP contribution in [0.25, 0.3) is 0 Å². The second kappa shape index (κ2) is 7.94. The maximum Gasteiger partial charge on any atom is 0.317 e. The molecule has 1 rings (SSSR count). The Morgan fingerprint density at radius 3 is 1.33 bits per heavy atom. The lowest BCUT2D eigenvalue weighted by Gasteiger charge is -2.00. The van der Waals surface area contributed by atoms with Crippen molar-refractivity contribution in [3.05, 3.63) is 24.3 Å². The van der Waals surface area contributed by atoms with Crippen molar-refractivity contribution in [1.29, 1.82) is 0 Å². The number of rotatable bonds is 4. The van der Waals surface area contributed by atoms with E-state index in [2.05, 4.69) is 0 Å². The van der Waals surface area contributed by atoms with Gasteiger partial charge in [-0.3, -0.25) is 9.59 Å². The van der Waals surface area contributed by atoms with Gasteiger partial charge in [0.25, 0.3) is 0 Å². The molecule has 0 aliphatic carbocycles. The smallest absolute Gasteiger partial charge is 0.317 e. The molecule has 0 atom stereocenters. The van der Waals surface area contributed by atoms with Gasteiger partial charge in [-0.1, -0.05) is 0 Å². The molecule has 0 radical (unpaired) electrons. The first-order valence-corrected chi connectivity index (χ1v) is 5.06. The Balaban J connectivity index is 0.000000331. The lowest BCUT2D eigenvalue weighted by Crippen LogP contribution is -2.19. The van der Waals surface area contributed by atoms with Crippen LogP contribution >= 0.6 is 0 Å². The van der Waals surface area contributed by atoms with Crippen LogP contribution in [0.4, 0.5) is 0 Å². The molecule has 100 valence electrons. The van der Waals surface area contributed by atoms with E-state index in [9.17, 15) is 9.59 Å². The van der Waals surface area contributed by atoms with E-state index in [1.54, 1.807) is 14.2 Å². The van der Waals surface area contributed by atoms with Gasteiger partial charge in [-0.15, -0.1) is 0 Å². The molecule has 1 aromatic rings. The average Bonchev–Trinajstić information content (AvgIpc) is 2.38. The highest BCUT2D eigenvalue weighted by molar-refractivity contribution is 5.92. The van der Waals surface area contributed by atoms with E-state index >= 15 is 0 Å². The fourth-order valence-corrected chi connectivity index (χ4v) is 0.817. The Morgan fingerprint density at radius 2 is 1.22 bits per heavy atom. The second-order valence-electron chi connectivity index (χ2n) is 3.28. The topological polar surface area (TPSA) is 93.1 Å². The summed E-state index contributed by atoms with van der Waals surface area (Å²) in [5.74, 6) is -2.22. The zero-order valence-corrected chi connectivity index (χ0v) is 10.4. The Labute approximate surface area is 105 Å². The van der Waals surface area contributed by atoms with Gasteiger partial charge in [0.2, 0.25) is 0 Å². The van der Waals surface area contributed by atoms with Gasteiger partial charge < -0.3 is 19.7 Å². The number of benzene rings is 1. The number of carboxylic acids is 2. The zero-order valence-electron chi connectivity index (χ0n) is 10.4. The molecule has 0 aromatic heterocycles. The van der Waals surface area contributed by atoms with Crippen molar-refractivity contribution < 1.29 is 29.3 Å². The first-order chi connectivity index (χ1) is 8.42. The summed E-state index contributed by atoms with van der Waals surface area (Å²) in [5.41, 5.74) is 0. The minimum absolute atomic E-state index is 0.848. The van der Waals surface area contributed by atoms with E-state index in [-0.39, 0.29) is 0 Å². The molecule has 0 unspecified atom stereocenters. The predicted molar refractivity (Wildman–Crippen MR) is 64.0 cm³/mol. The van der Waals surface area contributed by atoms with E-state index in [1.807, 2.05) is 24.3 Å². The summed E-state index contributed by atoms with van der Waals surface area (Å²) in [6.45, 7) is 1.12. The molecular weight excluding hydrogens is 240 g/mol. The second-order valence-corrected chi connectivity index (χ2v) is 3.28. The number of hydrogen-bond acceptors (Lipinski definition) is 4. The largest absolute Gasteiger partial charge is 0.497 e. The van der Waals surface area contributed by atoms with Crippen LogP contribution in [-0.4, -0.2) is 36.4 Å². The standard InChI is InChI=1S/C8H10O2.C4H6O4/c1-9-7-3-5-8(10-2)6-4-7;1-2(3(5)6)4(7)8/h3-6H,1-2H3;2H,1H3,(H,5,6)(H,7,8). The van der Waals surface area contributed by atoms with Crippen molar-refractivity contribution in [1.82, 2.24) is 0 Å². The van der Waals surface area contributed by atoms with Gasteiger partial charge in [-0.05, 0) is 31.2 Å². The van der Waals surface area contributed by atoms with Crippen LogP contribution < -0.4 is 9.47 Å². The lowest BCUT2D eigenvalue weighted by molar-refractivity contribution is -0.153. The van der Waals surface area contributed by atoms with Gasteiger partial charge in [-0.2, -0.15) is 0 Å². The Kier molecular flexibility index (Phi) is 6.95. The van der Waals surface area contributed by atoms with Crippen molar-refractivity contribution in [2.45, 2.75) is 6.92 Å². The average molecular weight is 256 g/mol. The van der Waals surface area contributed by atoms with Crippen molar-refractivity contribution in [3.63, 3.8) is 0 Å². The first kappa shape index (κ1) is 15.8. The van der Waals surface area contributed by atoms with Crippen molar-refractivity contribution >= 4 is 11.9 Å². The highest BCUT2D eigenvalue weighted by Crippen LogP contribution is 2.15. The van der Waals surface area contributed by atoms with Gasteiger partial charge in [-0.25, -0.2) is 0 Å². The summed E-state index contributed by atoms with van der Waals surface area (Å²) in [6.07, 6.45) is 0. The molecule has 2 N–H and O–H groups in total. The number of hydrogen-bond donors (Lipinski definition) is 2. The SMILES string of the molecule is CC(C(=O)O)C(=O)O.COc1ccc(OC)cc1. The zero-order chi connectivity index (χ0) is 14.1. The molecular formula is C12H16O6. The normalized spacial score (nSPS) is 9.11. The van der Waals surface area contributed by atoms with Gasteiger partial charge >= 0.3 is 11.9 Å². The molecule has 0 heterocycles. The van der Waals surface area contributed by atoms with Crippen LogP contribution in [0, 0.1) is 5.92 Å². The molecule has 0 aliphatic heterocycles. The quantitative estimate of drug-likeness (QED) is 0.793. The minimum atomic E-state index is -1.31. The number of carboxylic acid groups (broad SMARTS) is 2. The van der Waals surface area contributed by atoms with Crippen LogP contribution in [0.3, 0.4) is 0 Å². The van der Waals surface area contributed by atoms with Crippen molar-refractivity contribution in [2.24, 2.45) is 5.92 Å². The Bertz CT molecular complexity index is 347. The van der Waals surface area contributed by atoms with Crippen LogP contribution in [0.2, 0.25) is 0 Å². The summed E-state index contributed by atoms with van der Waals surface area (Å²) in [4.78, 5) is 19.5. The summed E-state index contributed by atoms with van der Waals surface area (Å²) in [5, 5.41) is 15.9. The maximum atomic E-state index is 9.76. The highest BCUT2D eigenvalue weighted by atomic mass is 16.5. The predicted octanol–water partition coefficient (Wildman–Crippen LogP) is 1.50. The number of aliphatic carboxylic acids is 2. The lowest BCUT2D eigenvalue weighted by atomic mass is 10.2. The van der Waals surface area contributed by atoms with E-state index in [0.29, 0.717) is 0 Å². The van der Waals surface area contributed by atoms with Crippen molar-refractivity contribution in [2.75, 3.05) is 14.2 Å². The molecule has 0 saturated carbocycles. The molecule has 0 amide bonds. The van der Waals surface area contributed by atoms with Crippen LogP contribution in [0.15, 0.2) is 24.3 Å². The molecule has 0 fully saturated rings. The van der Waals surface area contributed by atoms with Gasteiger partial charge in [0.1, 0.15) is 11.5 Å². The fraction of sp³-hybridized carbons (Fsp3) is 0.333. The molecule has 0 saturated heterocycles. The first-order valence-electron chi connectivity index (χ1n) is 5.06. The summed E-state index contributed by atoms with van der Waals surface area (Å²) in [6, 6.07) is 7.44. The van der Waals surface area contributed by atoms with Gasteiger partial charge in [0.15, 0.2) is 5.92 Å². The number of ether oxygens (including phenoxy) is 2. The third-order valence-electron chi connectivity index (χ3n) is 2.04. The van der Waals surface area contributed by atoms with E-state index in [1.165, 1.54) is 0 Å². The molecule has 1 aromatic carbocycles. The molecule has 6 heteroatoms. The Morgan fingerprint density at radius 1 is 0.944 bits per heavy atom. The Hall–Kier alpha value is -2.24. The molecule has 0 aliphatic rings. The van der Waals surface area contributed by atoms with E-state index < -0.39 is 17.9 Å². The fourth-order valence-electron chi connectivity index (χ4n) is 0.817. The molecule has 0 spiro atoms. The molecule has 18 heavy (non-hydrogen) atoms. The molecule has 6 nitrogen and oxygen atoms in total. The van der Waals surface area contributed by atoms with Crippen molar-refractivity contribution in [3.8, 4) is 11.5 Å². The minimum Gasteiger partial charge on any atom is -0.497 e. The van der Waals surface area contributed by atoms with Crippen LogP contribution in [0.1, 0.15) is 6.92 Å². The number of methoxy groups -OCH3 is 2. The molecule has 0 bridgehead atoms. The van der Waals surface area contributed by atoms with Crippen LogP contribution in [0.5, 0.6) is 11.5 Å². The van der Waals surface area contributed by atoms with E-state index in [4.69, 9.17) is 19.7 Å². The summed E-state index contributed by atoms with van der Waals surface area (Å²) in [7, 11) is 3.28.